The molecule has 1 aromatic heterocycles. The summed E-state index contributed by atoms with van der Waals surface area (Å²) in [6.45, 7) is 1.77. The van der Waals surface area contributed by atoms with Crippen LogP contribution in [0, 0.1) is 18.6 Å². The molecule has 0 saturated heterocycles. The molecule has 0 radical (unpaired) electrons. The van der Waals surface area contributed by atoms with Crippen molar-refractivity contribution in [3.63, 3.8) is 0 Å². The Balaban J connectivity index is 1.70. The summed E-state index contributed by atoms with van der Waals surface area (Å²) >= 11 is 0. The summed E-state index contributed by atoms with van der Waals surface area (Å²) in [5.41, 5.74) is 3.02. The number of hydrogen-bond donors (Lipinski definition) is 0. The van der Waals surface area contributed by atoms with Crippen LogP contribution in [0.5, 0.6) is 5.75 Å². The number of hydrogen-bond acceptors (Lipinski definition) is 3. The van der Waals surface area contributed by atoms with E-state index >= 15 is 0 Å². The first-order valence-electron chi connectivity index (χ1n) is 8.19. The lowest BCUT2D eigenvalue weighted by atomic mass is 10.0. The first-order chi connectivity index (χ1) is 12.0. The Morgan fingerprint density at radius 1 is 1.12 bits per heavy atom. The molecule has 0 aliphatic heterocycles. The summed E-state index contributed by atoms with van der Waals surface area (Å²) in [6.07, 6.45) is 2.59. The van der Waals surface area contributed by atoms with Crippen molar-refractivity contribution < 1.29 is 17.9 Å². The maximum atomic E-state index is 13.7. The number of benzene rings is 2. The van der Waals surface area contributed by atoms with Gasteiger partial charge in [0, 0.05) is 28.1 Å². The van der Waals surface area contributed by atoms with Gasteiger partial charge in [0.25, 0.3) is 0 Å². The number of aryl methyl sites for hydroxylation is 2. The molecule has 0 bridgehead atoms. The fourth-order valence-corrected chi connectivity index (χ4v) is 3.41. The van der Waals surface area contributed by atoms with Crippen molar-refractivity contribution in [2.24, 2.45) is 0 Å². The summed E-state index contributed by atoms with van der Waals surface area (Å²) in [5.74, 6) is -0.765. The summed E-state index contributed by atoms with van der Waals surface area (Å²) in [6, 6.07) is 7.06. The minimum atomic E-state index is -0.650. The Morgan fingerprint density at radius 2 is 1.92 bits per heavy atom. The number of rotatable bonds is 3. The van der Waals surface area contributed by atoms with Gasteiger partial charge in [-0.1, -0.05) is 0 Å². The summed E-state index contributed by atoms with van der Waals surface area (Å²) in [5, 5.41) is 0.935. The third-order valence-corrected chi connectivity index (χ3v) is 4.74. The second kappa shape index (κ2) is 5.99. The second-order valence-corrected chi connectivity index (χ2v) is 6.29. The number of ether oxygens (including phenoxy) is 1. The molecule has 128 valence electrons. The topological polar surface area (TPSA) is 39.4 Å². The van der Waals surface area contributed by atoms with E-state index in [1.165, 1.54) is 12.1 Å². The Morgan fingerprint density at radius 3 is 2.72 bits per heavy atom. The number of halogens is 2. The summed E-state index contributed by atoms with van der Waals surface area (Å²) < 4.78 is 37.9. The molecule has 0 amide bonds. The molecule has 5 heteroatoms. The average Bonchev–Trinajstić information content (AvgIpc) is 3.07. The van der Waals surface area contributed by atoms with E-state index in [1.807, 2.05) is 13.0 Å². The lowest BCUT2D eigenvalue weighted by molar-refractivity contribution is 0.297. The van der Waals surface area contributed by atoms with E-state index in [9.17, 15) is 13.6 Å². The maximum absolute atomic E-state index is 13.7. The van der Waals surface area contributed by atoms with Crippen LogP contribution in [0.25, 0.3) is 11.0 Å². The minimum absolute atomic E-state index is 0.0341. The Bertz CT molecular complexity index is 1040. The molecule has 0 N–H and O–H groups in total. The van der Waals surface area contributed by atoms with Crippen molar-refractivity contribution in [2.45, 2.75) is 32.8 Å². The van der Waals surface area contributed by atoms with Crippen molar-refractivity contribution in [1.29, 1.82) is 0 Å². The molecule has 3 aromatic rings. The first-order valence-corrected chi connectivity index (χ1v) is 8.19. The van der Waals surface area contributed by atoms with Gasteiger partial charge in [0.15, 0.2) is 0 Å². The lowest BCUT2D eigenvalue weighted by Crippen LogP contribution is -2.08. The molecule has 0 atom stereocenters. The van der Waals surface area contributed by atoms with Gasteiger partial charge in [-0.25, -0.2) is 13.6 Å². The van der Waals surface area contributed by atoms with Crippen LogP contribution in [0.3, 0.4) is 0 Å². The zero-order valence-electron chi connectivity index (χ0n) is 13.7. The summed E-state index contributed by atoms with van der Waals surface area (Å²) in [7, 11) is 0. The predicted molar refractivity (Wildman–Crippen MR) is 89.9 cm³/mol. The highest BCUT2D eigenvalue weighted by atomic mass is 19.1. The third kappa shape index (κ3) is 2.69. The molecule has 1 aliphatic rings. The van der Waals surface area contributed by atoms with Gasteiger partial charge in [-0.05, 0) is 56.0 Å². The van der Waals surface area contributed by atoms with Crippen LogP contribution in [0.1, 0.15) is 28.7 Å². The van der Waals surface area contributed by atoms with E-state index in [4.69, 9.17) is 9.15 Å². The molecule has 3 nitrogen and oxygen atoms in total. The van der Waals surface area contributed by atoms with Crippen LogP contribution < -0.4 is 10.4 Å². The van der Waals surface area contributed by atoms with Crippen LogP contribution >= 0.6 is 0 Å². The van der Waals surface area contributed by atoms with E-state index in [1.54, 1.807) is 6.07 Å². The van der Waals surface area contributed by atoms with Crippen molar-refractivity contribution in [2.75, 3.05) is 0 Å². The van der Waals surface area contributed by atoms with Gasteiger partial charge in [0.1, 0.15) is 29.6 Å². The Hall–Kier alpha value is -2.69. The summed E-state index contributed by atoms with van der Waals surface area (Å²) in [4.78, 5) is 12.2. The van der Waals surface area contributed by atoms with Gasteiger partial charge in [0.2, 0.25) is 0 Å². The zero-order valence-corrected chi connectivity index (χ0v) is 13.7. The molecule has 4 rings (SSSR count). The highest BCUT2D eigenvalue weighted by Gasteiger charge is 2.21. The largest absolute Gasteiger partial charge is 0.488 e. The van der Waals surface area contributed by atoms with Crippen molar-refractivity contribution in [3.05, 3.63) is 74.6 Å². The van der Waals surface area contributed by atoms with E-state index in [2.05, 4.69) is 0 Å². The molecule has 0 fully saturated rings. The van der Waals surface area contributed by atoms with E-state index < -0.39 is 11.6 Å². The molecule has 1 aliphatic carbocycles. The molecule has 0 unspecified atom stereocenters. The third-order valence-electron chi connectivity index (χ3n) is 4.74. The minimum Gasteiger partial charge on any atom is -0.488 e. The van der Waals surface area contributed by atoms with Crippen LogP contribution in [0.4, 0.5) is 8.78 Å². The van der Waals surface area contributed by atoms with Crippen LogP contribution in [-0.4, -0.2) is 0 Å². The van der Waals surface area contributed by atoms with Crippen molar-refractivity contribution in [3.8, 4) is 5.75 Å². The molecule has 1 heterocycles. The highest BCUT2D eigenvalue weighted by molar-refractivity contribution is 5.86. The molecule has 0 saturated carbocycles. The van der Waals surface area contributed by atoms with Crippen molar-refractivity contribution in [1.82, 2.24) is 0 Å². The quantitative estimate of drug-likeness (QED) is 0.660. The standard InChI is InChI=1S/C20H16F2O3/c1-11-18(24-10-12-5-6-13(21)9-17(12)22)8-7-15-14-3-2-4-16(14)20(23)25-19(11)15/h5-9H,2-4,10H2,1H3. The van der Waals surface area contributed by atoms with Crippen molar-refractivity contribution >= 4 is 11.0 Å². The predicted octanol–water partition coefficient (Wildman–Crippen LogP) is 4.45. The Labute approximate surface area is 142 Å². The number of fused-ring (bicyclic) bond motifs is 3. The average molecular weight is 342 g/mol. The van der Waals surface area contributed by atoms with Crippen LogP contribution in [-0.2, 0) is 19.4 Å². The van der Waals surface area contributed by atoms with E-state index in [0.717, 1.165) is 41.8 Å². The van der Waals surface area contributed by atoms with Gasteiger partial charge >= 0.3 is 5.63 Å². The fraction of sp³-hybridized carbons (Fsp3) is 0.250. The monoisotopic (exact) mass is 342 g/mol. The molecule has 25 heavy (non-hydrogen) atoms. The van der Waals surface area contributed by atoms with Gasteiger partial charge < -0.3 is 9.15 Å². The molecular weight excluding hydrogens is 326 g/mol. The van der Waals surface area contributed by atoms with Gasteiger partial charge in [-0.2, -0.15) is 0 Å². The second-order valence-electron chi connectivity index (χ2n) is 6.29. The smallest absolute Gasteiger partial charge is 0.339 e. The van der Waals surface area contributed by atoms with Crippen LogP contribution in [0.15, 0.2) is 39.5 Å². The fourth-order valence-electron chi connectivity index (χ4n) is 3.41. The molecule has 2 aromatic carbocycles. The van der Waals surface area contributed by atoms with Gasteiger partial charge in [0.05, 0.1) is 0 Å². The van der Waals surface area contributed by atoms with E-state index in [0.29, 0.717) is 16.9 Å². The van der Waals surface area contributed by atoms with Gasteiger partial charge in [-0.3, -0.25) is 0 Å². The SMILES string of the molecule is Cc1c(OCc2ccc(F)cc2F)ccc2c3c(c(=O)oc12)CCC3. The van der Waals surface area contributed by atoms with E-state index in [-0.39, 0.29) is 17.8 Å². The maximum Gasteiger partial charge on any atom is 0.339 e. The zero-order chi connectivity index (χ0) is 17.6. The molecule has 0 spiro atoms. The first kappa shape index (κ1) is 15.8. The molecular formula is C20H16F2O3. The Kier molecular flexibility index (Phi) is 3.79. The van der Waals surface area contributed by atoms with Gasteiger partial charge in [-0.15, -0.1) is 0 Å². The van der Waals surface area contributed by atoms with Crippen LogP contribution in [0.2, 0.25) is 0 Å². The lowest BCUT2D eigenvalue weighted by Gasteiger charge is -2.12. The normalized spacial score (nSPS) is 13.2. The highest BCUT2D eigenvalue weighted by Crippen LogP contribution is 2.33.